The van der Waals surface area contributed by atoms with Gasteiger partial charge in [-0.3, -0.25) is 4.99 Å². The summed E-state index contributed by atoms with van der Waals surface area (Å²) in [6, 6.07) is 8.44. The summed E-state index contributed by atoms with van der Waals surface area (Å²) in [6.07, 6.45) is -0.590. The van der Waals surface area contributed by atoms with Crippen molar-refractivity contribution in [3.63, 3.8) is 0 Å². The van der Waals surface area contributed by atoms with E-state index in [-0.39, 0.29) is 6.04 Å². The predicted octanol–water partition coefficient (Wildman–Crippen LogP) is 2.64. The van der Waals surface area contributed by atoms with Crippen LogP contribution in [-0.4, -0.2) is 43.5 Å². The van der Waals surface area contributed by atoms with Gasteiger partial charge in [-0.25, -0.2) is 0 Å². The Morgan fingerprint density at radius 3 is 2.54 bits per heavy atom. The molecule has 0 aliphatic heterocycles. The van der Waals surface area contributed by atoms with Crippen LogP contribution in [-0.2, 0) is 4.74 Å². The molecule has 0 fully saturated rings. The first-order valence-electron chi connectivity index (χ1n) is 8.80. The number of aliphatic hydroxyl groups excluding tert-OH is 1. The quantitative estimate of drug-likeness (QED) is 0.479. The molecule has 2 atom stereocenters. The Labute approximate surface area is 146 Å². The normalized spacial score (nSPS) is 14.5. The lowest BCUT2D eigenvalue weighted by atomic mass is 10.0. The molecule has 24 heavy (non-hydrogen) atoms. The Kier molecular flexibility index (Phi) is 9.42. The molecule has 5 nitrogen and oxygen atoms in total. The van der Waals surface area contributed by atoms with Crippen LogP contribution in [0, 0.1) is 12.8 Å². The second kappa shape index (κ2) is 11.0. The number of rotatable bonds is 9. The molecule has 2 unspecified atom stereocenters. The third kappa shape index (κ3) is 7.79. The number of guanidine groups is 1. The maximum atomic E-state index is 9.99. The minimum atomic E-state index is -0.590. The molecule has 1 aromatic carbocycles. The summed E-state index contributed by atoms with van der Waals surface area (Å²) in [5, 5.41) is 16.6. The number of hydrogen-bond acceptors (Lipinski definition) is 3. The fourth-order valence-electron chi connectivity index (χ4n) is 2.36. The van der Waals surface area contributed by atoms with Crippen molar-refractivity contribution in [3.05, 3.63) is 35.4 Å². The van der Waals surface area contributed by atoms with Crippen molar-refractivity contribution in [3.8, 4) is 0 Å². The van der Waals surface area contributed by atoms with Gasteiger partial charge >= 0.3 is 0 Å². The highest BCUT2D eigenvalue weighted by Crippen LogP contribution is 2.16. The first-order chi connectivity index (χ1) is 11.4. The van der Waals surface area contributed by atoms with E-state index in [0.717, 1.165) is 6.54 Å². The van der Waals surface area contributed by atoms with Gasteiger partial charge in [-0.15, -0.1) is 0 Å². The Bertz CT molecular complexity index is 503. The number of aliphatic imine (C=N–C) groups is 1. The van der Waals surface area contributed by atoms with E-state index in [1.807, 2.05) is 19.1 Å². The monoisotopic (exact) mass is 335 g/mol. The molecule has 0 saturated heterocycles. The van der Waals surface area contributed by atoms with Crippen LogP contribution in [0.2, 0.25) is 0 Å². The van der Waals surface area contributed by atoms with E-state index in [4.69, 9.17) is 4.74 Å². The van der Waals surface area contributed by atoms with Crippen molar-refractivity contribution in [2.75, 3.05) is 26.3 Å². The van der Waals surface area contributed by atoms with E-state index in [2.05, 4.69) is 55.5 Å². The van der Waals surface area contributed by atoms with Crippen molar-refractivity contribution >= 4 is 5.96 Å². The van der Waals surface area contributed by atoms with Gasteiger partial charge in [0, 0.05) is 13.2 Å². The average Bonchev–Trinajstić information content (AvgIpc) is 2.52. The zero-order chi connectivity index (χ0) is 17.9. The van der Waals surface area contributed by atoms with Gasteiger partial charge in [-0.1, -0.05) is 38.1 Å². The number of nitrogens with one attached hydrogen (secondary N) is 2. The van der Waals surface area contributed by atoms with Crippen molar-refractivity contribution < 1.29 is 9.84 Å². The first-order valence-corrected chi connectivity index (χ1v) is 8.80. The molecule has 5 heteroatoms. The van der Waals surface area contributed by atoms with Crippen molar-refractivity contribution in [1.29, 1.82) is 0 Å². The molecule has 1 aromatic rings. The number of aliphatic hydroxyl groups is 1. The standard InChI is InChI=1S/C19H33N3O2/c1-6-20-19(21-11-17(23)13-24-12-14(2)3)22-16(5)18-10-8-7-9-15(18)4/h7-10,14,16-17,23H,6,11-13H2,1-5H3,(H2,20,21,22). The summed E-state index contributed by atoms with van der Waals surface area (Å²) in [4.78, 5) is 4.47. The molecule has 0 heterocycles. The summed E-state index contributed by atoms with van der Waals surface area (Å²) in [6.45, 7) is 12.5. The van der Waals surface area contributed by atoms with Crippen LogP contribution >= 0.6 is 0 Å². The molecule has 3 N–H and O–H groups in total. The molecular weight excluding hydrogens is 302 g/mol. The third-order valence-corrected chi connectivity index (χ3v) is 3.57. The Hall–Kier alpha value is -1.59. The van der Waals surface area contributed by atoms with E-state index < -0.39 is 6.10 Å². The summed E-state index contributed by atoms with van der Waals surface area (Å²) >= 11 is 0. The zero-order valence-corrected chi connectivity index (χ0v) is 15.7. The van der Waals surface area contributed by atoms with Crippen LogP contribution in [0.25, 0.3) is 0 Å². The van der Waals surface area contributed by atoms with Crippen LogP contribution in [0.5, 0.6) is 0 Å². The maximum absolute atomic E-state index is 9.99. The average molecular weight is 335 g/mol. The van der Waals surface area contributed by atoms with Gasteiger partial charge in [0.2, 0.25) is 0 Å². The number of hydrogen-bond donors (Lipinski definition) is 3. The molecule has 0 radical (unpaired) electrons. The fourth-order valence-corrected chi connectivity index (χ4v) is 2.36. The van der Waals surface area contributed by atoms with E-state index in [0.29, 0.717) is 31.6 Å². The Morgan fingerprint density at radius 1 is 1.21 bits per heavy atom. The summed E-state index contributed by atoms with van der Waals surface area (Å²) < 4.78 is 5.46. The number of benzene rings is 1. The zero-order valence-electron chi connectivity index (χ0n) is 15.7. The highest BCUT2D eigenvalue weighted by Gasteiger charge is 2.11. The molecule has 0 bridgehead atoms. The van der Waals surface area contributed by atoms with Gasteiger partial charge in [-0.05, 0) is 37.8 Å². The second-order valence-electron chi connectivity index (χ2n) is 6.53. The number of ether oxygens (including phenoxy) is 1. The van der Waals surface area contributed by atoms with Crippen molar-refractivity contribution in [2.24, 2.45) is 10.9 Å². The smallest absolute Gasteiger partial charge is 0.191 e. The third-order valence-electron chi connectivity index (χ3n) is 3.57. The number of nitrogens with zero attached hydrogens (tertiary/aromatic N) is 1. The number of aryl methyl sites for hydroxylation is 1. The molecular formula is C19H33N3O2. The highest BCUT2D eigenvalue weighted by molar-refractivity contribution is 5.80. The molecule has 136 valence electrons. The van der Waals surface area contributed by atoms with Crippen LogP contribution in [0.1, 0.15) is 44.9 Å². The maximum Gasteiger partial charge on any atom is 0.191 e. The predicted molar refractivity (Wildman–Crippen MR) is 100 cm³/mol. The van der Waals surface area contributed by atoms with Crippen LogP contribution in [0.3, 0.4) is 0 Å². The lowest BCUT2D eigenvalue weighted by Gasteiger charge is -2.20. The van der Waals surface area contributed by atoms with E-state index in [9.17, 15) is 5.11 Å². The van der Waals surface area contributed by atoms with Crippen molar-refractivity contribution in [1.82, 2.24) is 10.6 Å². The molecule has 0 spiro atoms. The first kappa shape index (κ1) is 20.5. The van der Waals surface area contributed by atoms with Gasteiger partial charge < -0.3 is 20.5 Å². The Morgan fingerprint density at radius 2 is 1.92 bits per heavy atom. The van der Waals surface area contributed by atoms with E-state index >= 15 is 0 Å². The molecule has 0 aliphatic carbocycles. The fraction of sp³-hybridized carbons (Fsp3) is 0.632. The lowest BCUT2D eigenvalue weighted by Crippen LogP contribution is -2.39. The minimum Gasteiger partial charge on any atom is -0.389 e. The van der Waals surface area contributed by atoms with Crippen LogP contribution < -0.4 is 10.6 Å². The summed E-state index contributed by atoms with van der Waals surface area (Å²) in [5.41, 5.74) is 2.49. The second-order valence-corrected chi connectivity index (χ2v) is 6.53. The molecule has 0 amide bonds. The van der Waals surface area contributed by atoms with Crippen molar-refractivity contribution in [2.45, 2.75) is 46.8 Å². The van der Waals surface area contributed by atoms with E-state index in [1.54, 1.807) is 0 Å². The molecule has 0 aliphatic rings. The Balaban J connectivity index is 2.57. The summed E-state index contributed by atoms with van der Waals surface area (Å²) in [7, 11) is 0. The highest BCUT2D eigenvalue weighted by atomic mass is 16.5. The van der Waals surface area contributed by atoms with Gasteiger partial charge in [0.05, 0.1) is 25.3 Å². The minimum absolute atomic E-state index is 0.137. The largest absolute Gasteiger partial charge is 0.389 e. The van der Waals surface area contributed by atoms with Gasteiger partial charge in [0.15, 0.2) is 5.96 Å². The van der Waals surface area contributed by atoms with Gasteiger partial charge in [-0.2, -0.15) is 0 Å². The lowest BCUT2D eigenvalue weighted by molar-refractivity contribution is 0.0301. The topological polar surface area (TPSA) is 65.9 Å². The summed E-state index contributed by atoms with van der Waals surface area (Å²) in [5.74, 6) is 1.17. The SMILES string of the molecule is CCNC(=NCC(O)COCC(C)C)NC(C)c1ccccc1C. The van der Waals surface area contributed by atoms with Gasteiger partial charge in [0.25, 0.3) is 0 Å². The van der Waals surface area contributed by atoms with Crippen LogP contribution in [0.15, 0.2) is 29.3 Å². The molecule has 1 rings (SSSR count). The van der Waals surface area contributed by atoms with Gasteiger partial charge in [0.1, 0.15) is 0 Å². The molecule has 0 saturated carbocycles. The molecule has 0 aromatic heterocycles. The van der Waals surface area contributed by atoms with E-state index in [1.165, 1.54) is 11.1 Å². The van der Waals surface area contributed by atoms with Crippen LogP contribution in [0.4, 0.5) is 0 Å².